The molecular weight excluding hydrogens is 268 g/mol. The maximum atomic E-state index is 5.29. The second-order valence-corrected chi connectivity index (χ2v) is 6.38. The van der Waals surface area contributed by atoms with Crippen molar-refractivity contribution in [3.8, 4) is 10.6 Å². The minimum Gasteiger partial charge on any atom is -0.378 e. The zero-order valence-electron chi connectivity index (χ0n) is 12.0. The third-order valence-corrected chi connectivity index (χ3v) is 4.69. The molecule has 0 radical (unpaired) electrons. The molecular formula is C16H20N2OS. The molecule has 0 atom stereocenters. The van der Waals surface area contributed by atoms with E-state index in [-0.39, 0.29) is 0 Å². The van der Waals surface area contributed by atoms with Gasteiger partial charge in [0, 0.05) is 30.1 Å². The molecule has 106 valence electrons. The van der Waals surface area contributed by atoms with Gasteiger partial charge in [-0.25, -0.2) is 4.98 Å². The van der Waals surface area contributed by atoms with E-state index in [0.717, 1.165) is 23.3 Å². The molecule has 0 bridgehead atoms. The molecule has 0 amide bonds. The van der Waals surface area contributed by atoms with Crippen LogP contribution in [0.3, 0.4) is 0 Å². The number of nitrogens with zero attached hydrogens (tertiary/aromatic N) is 1. The molecule has 0 unspecified atom stereocenters. The number of aryl methyl sites for hydroxylation is 1. The van der Waals surface area contributed by atoms with E-state index in [4.69, 9.17) is 9.72 Å². The fourth-order valence-electron chi connectivity index (χ4n) is 2.22. The second-order valence-electron chi connectivity index (χ2n) is 5.29. The van der Waals surface area contributed by atoms with Crippen LogP contribution in [0.4, 0.5) is 0 Å². The van der Waals surface area contributed by atoms with Gasteiger partial charge >= 0.3 is 0 Å². The van der Waals surface area contributed by atoms with E-state index < -0.39 is 0 Å². The van der Waals surface area contributed by atoms with Gasteiger partial charge in [0.1, 0.15) is 5.01 Å². The number of hydrogen-bond acceptors (Lipinski definition) is 4. The van der Waals surface area contributed by atoms with Crippen LogP contribution in [-0.2, 0) is 17.9 Å². The fourth-order valence-corrected chi connectivity index (χ4v) is 3.33. The smallest absolute Gasteiger partial charge is 0.124 e. The van der Waals surface area contributed by atoms with Crippen molar-refractivity contribution in [1.29, 1.82) is 0 Å². The molecule has 20 heavy (non-hydrogen) atoms. The number of benzene rings is 1. The van der Waals surface area contributed by atoms with Gasteiger partial charge in [-0.2, -0.15) is 0 Å². The molecule has 2 aromatic rings. The minimum absolute atomic E-state index is 0.587. The largest absolute Gasteiger partial charge is 0.378 e. The molecule has 0 spiro atoms. The Hall–Kier alpha value is -1.23. The molecule has 1 N–H and O–H groups in total. The summed E-state index contributed by atoms with van der Waals surface area (Å²) >= 11 is 1.78. The normalized spacial score (nSPS) is 14.7. The highest BCUT2D eigenvalue weighted by molar-refractivity contribution is 7.15. The summed E-state index contributed by atoms with van der Waals surface area (Å²) in [4.78, 5) is 6.09. The zero-order valence-corrected chi connectivity index (χ0v) is 12.8. The Labute approximate surface area is 124 Å². The van der Waals surface area contributed by atoms with Crippen LogP contribution in [0.25, 0.3) is 10.6 Å². The van der Waals surface area contributed by atoms with Crippen LogP contribution in [0.15, 0.2) is 24.3 Å². The maximum absolute atomic E-state index is 5.29. The van der Waals surface area contributed by atoms with E-state index in [0.29, 0.717) is 6.61 Å². The van der Waals surface area contributed by atoms with Crippen molar-refractivity contribution >= 4 is 11.3 Å². The number of aromatic nitrogens is 1. The third kappa shape index (κ3) is 3.08. The first-order chi connectivity index (χ1) is 9.78. The summed E-state index contributed by atoms with van der Waals surface area (Å²) in [7, 11) is 1.73. The van der Waals surface area contributed by atoms with Crippen molar-refractivity contribution in [2.24, 2.45) is 0 Å². The molecule has 1 aromatic carbocycles. The van der Waals surface area contributed by atoms with E-state index in [9.17, 15) is 0 Å². The summed E-state index contributed by atoms with van der Waals surface area (Å²) in [5.41, 5.74) is 3.57. The van der Waals surface area contributed by atoms with Gasteiger partial charge in [-0.1, -0.05) is 24.3 Å². The highest BCUT2D eigenvalue weighted by Gasteiger charge is 2.22. The summed E-state index contributed by atoms with van der Waals surface area (Å²) < 4.78 is 5.29. The standard InChI is InChI=1S/C16H20N2OS/c1-11-5-3-4-6-13(11)16-18-14(10-19-2)15(20-16)9-17-12-7-8-12/h3-6,12,17H,7-10H2,1-2H3. The van der Waals surface area contributed by atoms with Gasteiger partial charge < -0.3 is 10.1 Å². The SMILES string of the molecule is COCc1nc(-c2ccccc2C)sc1CNC1CC1. The van der Waals surface area contributed by atoms with Gasteiger partial charge in [-0.05, 0) is 25.3 Å². The summed E-state index contributed by atoms with van der Waals surface area (Å²) in [5.74, 6) is 0. The Morgan fingerprint density at radius 1 is 1.35 bits per heavy atom. The van der Waals surface area contributed by atoms with Crippen LogP contribution >= 0.6 is 11.3 Å². The highest BCUT2D eigenvalue weighted by atomic mass is 32.1. The van der Waals surface area contributed by atoms with Gasteiger partial charge in [0.05, 0.1) is 12.3 Å². The van der Waals surface area contributed by atoms with Crippen molar-refractivity contribution in [3.05, 3.63) is 40.4 Å². The van der Waals surface area contributed by atoms with Crippen LogP contribution in [0.1, 0.15) is 29.0 Å². The quantitative estimate of drug-likeness (QED) is 0.883. The Kier molecular flexibility index (Phi) is 4.15. The van der Waals surface area contributed by atoms with Crippen molar-refractivity contribution < 1.29 is 4.74 Å². The van der Waals surface area contributed by atoms with Gasteiger partial charge in [0.15, 0.2) is 0 Å². The van der Waals surface area contributed by atoms with Crippen molar-refractivity contribution in [2.45, 2.75) is 39.0 Å². The first-order valence-electron chi connectivity index (χ1n) is 7.05. The van der Waals surface area contributed by atoms with Crippen molar-refractivity contribution in [3.63, 3.8) is 0 Å². The Morgan fingerprint density at radius 2 is 2.15 bits per heavy atom. The number of methoxy groups -OCH3 is 1. The number of thiazole rings is 1. The monoisotopic (exact) mass is 288 g/mol. The number of rotatable bonds is 6. The second kappa shape index (κ2) is 6.04. The lowest BCUT2D eigenvalue weighted by Crippen LogP contribution is -2.15. The number of hydrogen-bond donors (Lipinski definition) is 1. The van der Waals surface area contributed by atoms with Gasteiger partial charge in [-0.15, -0.1) is 11.3 Å². The lowest BCUT2D eigenvalue weighted by atomic mass is 10.1. The first kappa shape index (κ1) is 13.7. The molecule has 0 saturated heterocycles. The topological polar surface area (TPSA) is 34.1 Å². The van der Waals surface area contributed by atoms with Crippen LogP contribution in [0, 0.1) is 6.92 Å². The minimum atomic E-state index is 0.587. The van der Waals surface area contributed by atoms with Crippen LogP contribution < -0.4 is 5.32 Å². The first-order valence-corrected chi connectivity index (χ1v) is 7.86. The summed E-state index contributed by atoms with van der Waals surface area (Å²) in [6.07, 6.45) is 2.62. The number of nitrogens with one attached hydrogen (secondary N) is 1. The van der Waals surface area contributed by atoms with Crippen LogP contribution in [-0.4, -0.2) is 18.1 Å². The van der Waals surface area contributed by atoms with E-state index in [1.54, 1.807) is 18.4 Å². The predicted molar refractivity (Wildman–Crippen MR) is 82.9 cm³/mol. The van der Waals surface area contributed by atoms with Gasteiger partial charge in [0.25, 0.3) is 0 Å². The Balaban J connectivity index is 1.87. The van der Waals surface area contributed by atoms with Crippen LogP contribution in [0.2, 0.25) is 0 Å². The molecule has 3 nitrogen and oxygen atoms in total. The molecule has 1 heterocycles. The lowest BCUT2D eigenvalue weighted by molar-refractivity contribution is 0.181. The molecule has 0 aliphatic heterocycles. The Morgan fingerprint density at radius 3 is 2.85 bits per heavy atom. The molecule has 1 aliphatic carbocycles. The summed E-state index contributed by atoms with van der Waals surface area (Å²) in [5, 5.41) is 4.67. The molecule has 1 saturated carbocycles. The van der Waals surface area contributed by atoms with E-state index >= 15 is 0 Å². The van der Waals surface area contributed by atoms with E-state index in [1.165, 1.54) is 28.8 Å². The average Bonchev–Trinajstić information content (AvgIpc) is 3.19. The molecule has 4 heteroatoms. The summed E-state index contributed by atoms with van der Waals surface area (Å²) in [6, 6.07) is 9.13. The molecule has 1 aromatic heterocycles. The Bertz CT molecular complexity index is 590. The highest BCUT2D eigenvalue weighted by Crippen LogP contribution is 2.31. The molecule has 3 rings (SSSR count). The van der Waals surface area contributed by atoms with Crippen molar-refractivity contribution in [1.82, 2.24) is 10.3 Å². The third-order valence-electron chi connectivity index (χ3n) is 3.56. The zero-order chi connectivity index (χ0) is 13.9. The molecule has 1 aliphatic rings. The fraction of sp³-hybridized carbons (Fsp3) is 0.438. The average molecular weight is 288 g/mol. The lowest BCUT2D eigenvalue weighted by Gasteiger charge is -2.02. The predicted octanol–water partition coefficient (Wildman–Crippen LogP) is 3.52. The summed E-state index contributed by atoms with van der Waals surface area (Å²) in [6.45, 7) is 3.63. The maximum Gasteiger partial charge on any atom is 0.124 e. The number of ether oxygens (including phenoxy) is 1. The van der Waals surface area contributed by atoms with Crippen molar-refractivity contribution in [2.75, 3.05) is 7.11 Å². The van der Waals surface area contributed by atoms with Crippen LogP contribution in [0.5, 0.6) is 0 Å². The van der Waals surface area contributed by atoms with E-state index in [2.05, 4.69) is 36.5 Å². The van der Waals surface area contributed by atoms with E-state index in [1.807, 2.05) is 0 Å². The van der Waals surface area contributed by atoms with Gasteiger partial charge in [0.2, 0.25) is 0 Å². The molecule has 1 fully saturated rings. The van der Waals surface area contributed by atoms with Gasteiger partial charge in [-0.3, -0.25) is 0 Å².